The fraction of sp³-hybridized carbons (Fsp3) is 0.550. The minimum absolute atomic E-state index is 0.141. The zero-order chi connectivity index (χ0) is 16.8. The van der Waals surface area contributed by atoms with E-state index >= 15 is 0 Å². The van der Waals surface area contributed by atoms with Gasteiger partial charge in [-0.3, -0.25) is 4.79 Å². The fourth-order valence-electron chi connectivity index (χ4n) is 3.56. The third-order valence-electron chi connectivity index (χ3n) is 5.28. The molecule has 1 saturated heterocycles. The molecule has 1 heterocycles. The number of nitrogens with zero attached hydrogens (tertiary/aromatic N) is 1. The summed E-state index contributed by atoms with van der Waals surface area (Å²) >= 11 is 0. The molecule has 1 atom stereocenters. The van der Waals surface area contributed by atoms with E-state index in [1.54, 1.807) is 0 Å². The van der Waals surface area contributed by atoms with Crippen LogP contribution in [0.3, 0.4) is 0 Å². The first-order valence-corrected chi connectivity index (χ1v) is 9.13. The molecule has 2 N–H and O–H groups in total. The summed E-state index contributed by atoms with van der Waals surface area (Å²) < 4.78 is 0. The van der Waals surface area contributed by atoms with Gasteiger partial charge in [0.1, 0.15) is 0 Å². The molecule has 4 nitrogen and oxygen atoms in total. The molecule has 1 fully saturated rings. The summed E-state index contributed by atoms with van der Waals surface area (Å²) in [7, 11) is 0. The number of carbonyl (C=O) groups excluding carboxylic acids is 1. The number of aliphatic hydroxyl groups excluding tert-OH is 1. The molecule has 0 radical (unpaired) electrons. The van der Waals surface area contributed by atoms with Crippen LogP contribution in [0.25, 0.3) is 0 Å². The van der Waals surface area contributed by atoms with E-state index in [4.69, 9.17) is 0 Å². The molecule has 4 heteroatoms. The maximum atomic E-state index is 12.2. The Labute approximate surface area is 144 Å². The van der Waals surface area contributed by atoms with Crippen LogP contribution in [0.1, 0.15) is 37.7 Å². The first-order valence-electron chi connectivity index (χ1n) is 9.13. The Morgan fingerprint density at radius 1 is 1.12 bits per heavy atom. The van der Waals surface area contributed by atoms with Gasteiger partial charge in [0.25, 0.3) is 0 Å². The van der Waals surface area contributed by atoms with Crippen molar-refractivity contribution in [3.8, 4) is 0 Å². The molecule has 0 aromatic heterocycles. The quantitative estimate of drug-likeness (QED) is 0.817. The van der Waals surface area contributed by atoms with Crippen LogP contribution < -0.4 is 10.2 Å². The van der Waals surface area contributed by atoms with Crippen molar-refractivity contribution < 1.29 is 9.90 Å². The van der Waals surface area contributed by atoms with Crippen molar-refractivity contribution in [3.05, 3.63) is 42.0 Å². The summed E-state index contributed by atoms with van der Waals surface area (Å²) in [6.45, 7) is 2.93. The van der Waals surface area contributed by atoms with E-state index in [9.17, 15) is 9.90 Å². The van der Waals surface area contributed by atoms with Crippen LogP contribution in [0.5, 0.6) is 0 Å². The van der Waals surface area contributed by atoms with Crippen molar-refractivity contribution in [3.63, 3.8) is 0 Å². The molecule has 0 bridgehead atoms. The number of hydrogen-bond donors (Lipinski definition) is 2. The van der Waals surface area contributed by atoms with Gasteiger partial charge < -0.3 is 15.3 Å². The second-order valence-electron chi connectivity index (χ2n) is 6.98. The molecule has 1 aromatic carbocycles. The van der Waals surface area contributed by atoms with Gasteiger partial charge in [-0.05, 0) is 55.7 Å². The summed E-state index contributed by atoms with van der Waals surface area (Å²) in [4.78, 5) is 14.5. The van der Waals surface area contributed by atoms with Gasteiger partial charge in [-0.15, -0.1) is 0 Å². The Balaban J connectivity index is 1.48. The lowest BCUT2D eigenvalue weighted by Crippen LogP contribution is -2.34. The minimum Gasteiger partial charge on any atom is -0.396 e. The molecular weight excluding hydrogens is 300 g/mol. The Morgan fingerprint density at radius 2 is 1.88 bits per heavy atom. The fourth-order valence-corrected chi connectivity index (χ4v) is 3.56. The smallest absolute Gasteiger partial charge is 0.223 e. The van der Waals surface area contributed by atoms with Crippen molar-refractivity contribution in [2.45, 2.75) is 38.6 Å². The van der Waals surface area contributed by atoms with Crippen LogP contribution in [-0.4, -0.2) is 30.7 Å². The molecule has 1 aliphatic heterocycles. The number of carbonyl (C=O) groups is 1. The van der Waals surface area contributed by atoms with Crippen LogP contribution in [0, 0.1) is 11.8 Å². The molecule has 3 rings (SSSR count). The van der Waals surface area contributed by atoms with Crippen LogP contribution in [0.15, 0.2) is 36.4 Å². The van der Waals surface area contributed by atoms with Crippen molar-refractivity contribution in [1.29, 1.82) is 0 Å². The van der Waals surface area contributed by atoms with Gasteiger partial charge >= 0.3 is 0 Å². The zero-order valence-electron chi connectivity index (χ0n) is 14.3. The topological polar surface area (TPSA) is 52.6 Å². The Bertz CT molecular complexity index is 560. The third-order valence-corrected chi connectivity index (χ3v) is 5.28. The van der Waals surface area contributed by atoms with E-state index in [1.807, 2.05) is 0 Å². The average Bonchev–Trinajstić information content (AvgIpc) is 2.67. The second-order valence-corrected chi connectivity index (χ2v) is 6.98. The zero-order valence-corrected chi connectivity index (χ0v) is 14.3. The summed E-state index contributed by atoms with van der Waals surface area (Å²) in [5.74, 6) is 0.780. The van der Waals surface area contributed by atoms with Gasteiger partial charge in [0, 0.05) is 37.8 Å². The summed E-state index contributed by atoms with van der Waals surface area (Å²) in [5, 5.41) is 12.3. The number of piperidine rings is 1. The van der Waals surface area contributed by atoms with Crippen LogP contribution in [0.2, 0.25) is 0 Å². The highest BCUT2D eigenvalue weighted by atomic mass is 16.3. The van der Waals surface area contributed by atoms with E-state index in [0.717, 1.165) is 50.8 Å². The van der Waals surface area contributed by atoms with Gasteiger partial charge in [-0.25, -0.2) is 0 Å². The molecule has 1 amide bonds. The molecule has 2 aliphatic rings. The van der Waals surface area contributed by atoms with Crippen molar-refractivity contribution >= 4 is 11.6 Å². The summed E-state index contributed by atoms with van der Waals surface area (Å²) in [6.07, 6.45) is 9.24. The van der Waals surface area contributed by atoms with E-state index in [2.05, 4.69) is 46.6 Å². The SMILES string of the molecule is O=C(NCc1ccc(N2CCC(CO)CC2)cc1)C1CC=CCC1. The van der Waals surface area contributed by atoms with Gasteiger partial charge in [-0.1, -0.05) is 24.3 Å². The largest absolute Gasteiger partial charge is 0.396 e. The number of aliphatic hydroxyl groups is 1. The third kappa shape index (κ3) is 4.38. The normalized spacial score (nSPS) is 21.7. The number of rotatable bonds is 5. The molecule has 1 aromatic rings. The number of amides is 1. The highest BCUT2D eigenvalue weighted by Gasteiger charge is 2.19. The van der Waals surface area contributed by atoms with Crippen LogP contribution in [0.4, 0.5) is 5.69 Å². The van der Waals surface area contributed by atoms with Crippen molar-refractivity contribution in [2.24, 2.45) is 11.8 Å². The van der Waals surface area contributed by atoms with Crippen molar-refractivity contribution in [1.82, 2.24) is 5.32 Å². The molecule has 0 saturated carbocycles. The Hall–Kier alpha value is -1.81. The minimum atomic E-state index is 0.141. The van der Waals surface area contributed by atoms with Crippen LogP contribution >= 0.6 is 0 Å². The molecule has 130 valence electrons. The van der Waals surface area contributed by atoms with E-state index in [0.29, 0.717) is 19.1 Å². The van der Waals surface area contributed by atoms with Gasteiger partial charge in [0.2, 0.25) is 5.91 Å². The predicted molar refractivity (Wildman–Crippen MR) is 96.8 cm³/mol. The van der Waals surface area contributed by atoms with E-state index in [1.165, 1.54) is 5.69 Å². The van der Waals surface area contributed by atoms with E-state index in [-0.39, 0.29) is 11.8 Å². The van der Waals surface area contributed by atoms with Gasteiger partial charge in [0.05, 0.1) is 0 Å². The molecule has 24 heavy (non-hydrogen) atoms. The number of benzene rings is 1. The van der Waals surface area contributed by atoms with Gasteiger partial charge in [-0.2, -0.15) is 0 Å². The number of nitrogens with one attached hydrogen (secondary N) is 1. The maximum absolute atomic E-state index is 12.2. The average molecular weight is 328 g/mol. The predicted octanol–water partition coefficient (Wildman–Crippen LogP) is 2.87. The van der Waals surface area contributed by atoms with Crippen LogP contribution in [-0.2, 0) is 11.3 Å². The van der Waals surface area contributed by atoms with E-state index < -0.39 is 0 Å². The molecule has 1 aliphatic carbocycles. The highest BCUT2D eigenvalue weighted by Crippen LogP contribution is 2.23. The highest BCUT2D eigenvalue weighted by molar-refractivity contribution is 5.79. The van der Waals surface area contributed by atoms with Crippen molar-refractivity contribution in [2.75, 3.05) is 24.6 Å². The first kappa shape index (κ1) is 17.0. The standard InChI is InChI=1S/C20H28N2O2/c23-15-17-10-12-22(13-11-17)19-8-6-16(7-9-19)14-21-20(24)18-4-2-1-3-5-18/h1-2,6-9,17-18,23H,3-5,10-15H2,(H,21,24). The summed E-state index contributed by atoms with van der Waals surface area (Å²) in [5.41, 5.74) is 2.38. The first-order chi connectivity index (χ1) is 11.8. The number of allylic oxidation sites excluding steroid dienone is 2. The molecular formula is C20H28N2O2. The number of anilines is 1. The monoisotopic (exact) mass is 328 g/mol. The lowest BCUT2D eigenvalue weighted by Gasteiger charge is -2.33. The number of hydrogen-bond acceptors (Lipinski definition) is 3. The second kappa shape index (κ2) is 8.34. The maximum Gasteiger partial charge on any atom is 0.223 e. The van der Waals surface area contributed by atoms with Gasteiger partial charge in [0.15, 0.2) is 0 Å². The summed E-state index contributed by atoms with van der Waals surface area (Å²) in [6, 6.07) is 8.50. The molecule has 1 unspecified atom stereocenters. The Morgan fingerprint density at radius 3 is 2.50 bits per heavy atom. The lowest BCUT2D eigenvalue weighted by molar-refractivity contribution is -0.125. The Kier molecular flexibility index (Phi) is 5.91. The lowest BCUT2D eigenvalue weighted by atomic mass is 9.93. The molecule has 0 spiro atoms.